The van der Waals surface area contributed by atoms with Crippen LogP contribution in [0.3, 0.4) is 0 Å². The van der Waals surface area contributed by atoms with Gasteiger partial charge in [0, 0.05) is 141 Å². The van der Waals surface area contributed by atoms with Crippen LogP contribution in [0.15, 0.2) is 459 Å². The molecule has 19 aromatic carbocycles. The number of furan rings is 1. The van der Waals surface area contributed by atoms with E-state index in [1.807, 2.05) is 53.8 Å². The molecule has 6 aromatic heterocycles. The molecule has 9 heteroatoms. The lowest BCUT2D eigenvalue weighted by Crippen LogP contribution is -2.17. The first-order valence-corrected chi connectivity index (χ1v) is 49.6. The van der Waals surface area contributed by atoms with Crippen LogP contribution in [0.5, 0.6) is 0 Å². The van der Waals surface area contributed by atoms with Crippen molar-refractivity contribution in [3.63, 3.8) is 0 Å². The monoisotopic (exact) mass is 1840 g/mol. The summed E-state index contributed by atoms with van der Waals surface area (Å²) in [6, 6.07) is 162. The lowest BCUT2D eigenvalue weighted by Gasteiger charge is -2.24. The molecule has 0 radical (unpaired) electrons. The minimum atomic E-state index is -0.244. The van der Waals surface area contributed by atoms with E-state index < -0.39 is 0 Å². The van der Waals surface area contributed by atoms with E-state index in [4.69, 9.17) is 34.3 Å². The van der Waals surface area contributed by atoms with E-state index in [9.17, 15) is 0 Å². The van der Waals surface area contributed by atoms with E-state index in [1.54, 1.807) is 0 Å². The second-order valence-corrected chi connectivity index (χ2v) is 40.1. The van der Waals surface area contributed by atoms with Crippen LogP contribution < -0.4 is 0 Å². The molecular formula is C133H93N7OS. The van der Waals surface area contributed by atoms with Gasteiger partial charge >= 0.3 is 0 Å². The van der Waals surface area contributed by atoms with Gasteiger partial charge in [0.1, 0.15) is 11.2 Å². The molecule has 0 fully saturated rings. The average Bonchev–Trinajstić information content (AvgIpc) is 1.58. The summed E-state index contributed by atoms with van der Waals surface area (Å²) in [5.41, 5.74) is 39.7. The van der Waals surface area contributed by atoms with Gasteiger partial charge in [-0.3, -0.25) is 0 Å². The van der Waals surface area contributed by atoms with Gasteiger partial charge in [0.25, 0.3) is 0 Å². The summed E-state index contributed by atoms with van der Waals surface area (Å²) in [6.07, 6.45) is 0. The number of thiophene rings is 1. The first-order chi connectivity index (χ1) is 69.7. The Labute approximate surface area is 828 Å². The molecule has 8 nitrogen and oxygen atoms in total. The number of para-hydroxylation sites is 3. The second kappa shape index (κ2) is 34.0. The van der Waals surface area contributed by atoms with Gasteiger partial charge in [-0.2, -0.15) is 0 Å². The molecule has 0 unspecified atom stereocenters. The maximum Gasteiger partial charge on any atom is 0.160 e. The van der Waals surface area contributed by atoms with Crippen molar-refractivity contribution in [2.24, 2.45) is 0 Å². The number of rotatable bonds is 12. The van der Waals surface area contributed by atoms with Crippen LogP contribution in [-0.2, 0) is 16.2 Å². The molecule has 0 saturated heterocycles. The number of hydrogen-bond acceptors (Lipinski definition) is 8. The van der Waals surface area contributed by atoms with Crippen molar-refractivity contribution in [1.82, 2.24) is 34.5 Å². The molecule has 0 saturated carbocycles. The van der Waals surface area contributed by atoms with Gasteiger partial charge in [-0.1, -0.05) is 436 Å². The third kappa shape index (κ3) is 14.2. The number of fused-ring (bicyclic) bond motifs is 20. The topological polar surface area (TPSA) is 95.4 Å². The van der Waals surface area contributed by atoms with E-state index in [2.05, 4.69) is 459 Å². The standard InChI is InChI=1S/C47H33N3.C43H30N2O.C43H30N2S/c1-47(2)40-24-10-8-23-39(40)44-42(47)43(48-46(49-44)31-15-4-3-5-16-31)34-19-12-17-32(28-34)33-18-13-20-35(29-33)50-41-25-11-9-22-37(41)38-27-26-30-14-6-7-21-36(30)45(38)50;2*1-43(2)36-23-8-6-20-35(36)40-38(43)39(44-42(45-40)27-13-4-3-5-14-27)31-18-11-16-29(26-31)28-15-10-17-30(25-28)32-21-12-22-34-33-19-7-9-24-37(33)46-41(32)34/h3-29H,1-2H3;2*3-26H,1-2H3. The number of nitrogens with zero attached hydrogens (tertiary/aromatic N) is 7. The highest BCUT2D eigenvalue weighted by Crippen LogP contribution is 2.57. The fourth-order valence-electron chi connectivity index (χ4n) is 22.7. The zero-order valence-electron chi connectivity index (χ0n) is 79.2. The van der Waals surface area contributed by atoms with Crippen molar-refractivity contribution in [2.45, 2.75) is 57.8 Å². The summed E-state index contributed by atoms with van der Waals surface area (Å²) in [5.74, 6) is 2.25. The zero-order chi connectivity index (χ0) is 95.1. The Bertz CT molecular complexity index is 9060. The van der Waals surface area contributed by atoms with Crippen molar-refractivity contribution < 1.29 is 4.42 Å². The Morgan fingerprint density at radius 3 is 1.06 bits per heavy atom. The van der Waals surface area contributed by atoms with E-state index in [1.165, 1.54) is 125 Å². The van der Waals surface area contributed by atoms with Gasteiger partial charge in [-0.25, -0.2) is 29.9 Å². The van der Waals surface area contributed by atoms with Crippen LogP contribution >= 0.6 is 11.3 Å². The SMILES string of the molecule is CC1(C)c2ccccc2-c2nc(-c3ccccc3)nc(-c3cccc(-c4cccc(-c5cccc6c5oc5ccccc56)c4)c3)c21.CC1(C)c2ccccc2-c2nc(-c3ccccc3)nc(-c3cccc(-c4cccc(-c5cccc6c5sc5ccccc56)c4)c3)c21.CC1(C)c2ccccc2-c2nc(-c3ccccc3)nc(-c3cccc(-c4cccc(-n5c6ccccc6c6ccc7ccccc7c65)c4)c3)c21. The molecular weight excluding hydrogens is 1740 g/mol. The largest absolute Gasteiger partial charge is 0.455 e. The Kier molecular flexibility index (Phi) is 20.3. The van der Waals surface area contributed by atoms with Crippen LogP contribution in [0.2, 0.25) is 0 Å². The van der Waals surface area contributed by atoms with Crippen LogP contribution in [0.25, 0.3) is 238 Å². The summed E-state index contributed by atoms with van der Waals surface area (Å²) < 4.78 is 11.5. The molecule has 3 aliphatic rings. The molecule has 142 heavy (non-hydrogen) atoms. The predicted octanol–water partition coefficient (Wildman–Crippen LogP) is 35.2. The number of hydrogen-bond donors (Lipinski definition) is 0. The Morgan fingerprint density at radius 1 is 0.225 bits per heavy atom. The molecule has 0 spiro atoms. The fraction of sp³-hybridized carbons (Fsp3) is 0.0677. The van der Waals surface area contributed by atoms with Gasteiger partial charge in [-0.05, 0) is 133 Å². The lowest BCUT2D eigenvalue weighted by molar-refractivity contribution is 0.657. The minimum absolute atomic E-state index is 0.227. The maximum atomic E-state index is 6.38. The molecule has 672 valence electrons. The molecule has 25 aromatic rings. The first kappa shape index (κ1) is 85.0. The van der Waals surface area contributed by atoms with Gasteiger partial charge in [0.05, 0.1) is 45.2 Å². The van der Waals surface area contributed by atoms with Gasteiger partial charge < -0.3 is 8.98 Å². The molecule has 0 bridgehead atoms. The third-order valence-corrected chi connectivity index (χ3v) is 30.7. The van der Waals surface area contributed by atoms with E-state index in [-0.39, 0.29) is 16.2 Å². The Hall–Kier alpha value is -17.5. The predicted molar refractivity (Wildman–Crippen MR) is 591 cm³/mol. The third-order valence-electron chi connectivity index (χ3n) is 29.5. The highest BCUT2D eigenvalue weighted by atomic mass is 32.1. The highest BCUT2D eigenvalue weighted by Gasteiger charge is 2.44. The van der Waals surface area contributed by atoms with Gasteiger partial charge in [0.2, 0.25) is 0 Å². The Balaban J connectivity index is 0.000000109. The molecule has 0 N–H and O–H groups in total. The lowest BCUT2D eigenvalue weighted by atomic mass is 9.80. The summed E-state index contributed by atoms with van der Waals surface area (Å²) in [6.45, 7) is 13.8. The summed E-state index contributed by atoms with van der Waals surface area (Å²) in [5, 5.41) is 9.94. The summed E-state index contributed by atoms with van der Waals surface area (Å²) in [7, 11) is 0. The van der Waals surface area contributed by atoms with Crippen molar-refractivity contribution in [2.75, 3.05) is 0 Å². The fourth-order valence-corrected chi connectivity index (χ4v) is 23.9. The molecule has 3 aliphatic carbocycles. The highest BCUT2D eigenvalue weighted by molar-refractivity contribution is 7.26. The van der Waals surface area contributed by atoms with Crippen molar-refractivity contribution in [3.05, 3.63) is 488 Å². The Morgan fingerprint density at radius 2 is 0.563 bits per heavy atom. The number of benzene rings is 19. The van der Waals surface area contributed by atoms with Crippen molar-refractivity contribution in [1.29, 1.82) is 0 Å². The number of aromatic nitrogens is 7. The molecule has 28 rings (SSSR count). The summed E-state index contributed by atoms with van der Waals surface area (Å²) in [4.78, 5) is 31.6. The van der Waals surface area contributed by atoms with Crippen LogP contribution in [0, 0.1) is 0 Å². The molecule has 0 atom stereocenters. The molecule has 6 heterocycles. The van der Waals surface area contributed by atoms with Gasteiger partial charge in [-0.15, -0.1) is 11.3 Å². The maximum absolute atomic E-state index is 6.38. The minimum Gasteiger partial charge on any atom is -0.455 e. The normalized spacial score (nSPS) is 13.2. The smallest absolute Gasteiger partial charge is 0.160 e. The average molecular weight is 1840 g/mol. The van der Waals surface area contributed by atoms with E-state index >= 15 is 0 Å². The van der Waals surface area contributed by atoms with Crippen molar-refractivity contribution >= 4 is 86.0 Å². The van der Waals surface area contributed by atoms with Crippen LogP contribution in [0.4, 0.5) is 0 Å². The van der Waals surface area contributed by atoms with E-state index in [0.29, 0.717) is 0 Å². The van der Waals surface area contributed by atoms with Crippen LogP contribution in [-0.4, -0.2) is 34.5 Å². The van der Waals surface area contributed by atoms with Crippen molar-refractivity contribution in [3.8, 4) is 163 Å². The summed E-state index contributed by atoms with van der Waals surface area (Å²) >= 11 is 1.88. The van der Waals surface area contributed by atoms with Crippen LogP contribution in [0.1, 0.15) is 74.9 Å². The quantitative estimate of drug-likeness (QED) is 0.120. The molecule has 0 amide bonds. The second-order valence-electron chi connectivity index (χ2n) is 39.0. The molecule has 0 aliphatic heterocycles. The van der Waals surface area contributed by atoms with E-state index in [0.717, 1.165) is 146 Å². The first-order valence-electron chi connectivity index (χ1n) is 48.8. The van der Waals surface area contributed by atoms with Gasteiger partial charge in [0.15, 0.2) is 17.5 Å². The zero-order valence-corrected chi connectivity index (χ0v) is 80.1.